The summed E-state index contributed by atoms with van der Waals surface area (Å²) in [5, 5.41) is 2.78. The first-order valence-electron chi connectivity index (χ1n) is 8.29. The van der Waals surface area contributed by atoms with Crippen molar-refractivity contribution in [2.75, 3.05) is 11.9 Å². The van der Waals surface area contributed by atoms with Crippen molar-refractivity contribution in [3.05, 3.63) is 53.6 Å². The van der Waals surface area contributed by atoms with Crippen molar-refractivity contribution in [1.29, 1.82) is 0 Å². The van der Waals surface area contributed by atoms with E-state index in [9.17, 15) is 13.2 Å². The molecular weight excluding hydrogens is 352 g/mol. The predicted octanol–water partition coefficient (Wildman–Crippen LogP) is 3.01. The summed E-state index contributed by atoms with van der Waals surface area (Å²) < 4.78 is 32.1. The molecular formula is C19H24N2O4S. The van der Waals surface area contributed by atoms with Gasteiger partial charge in [0.1, 0.15) is 5.75 Å². The van der Waals surface area contributed by atoms with E-state index in [1.54, 1.807) is 13.8 Å². The second-order valence-electron chi connectivity index (χ2n) is 6.46. The number of carbonyl (C=O) groups excluding carboxylic acids is 1. The van der Waals surface area contributed by atoms with Crippen molar-refractivity contribution >= 4 is 21.6 Å². The molecule has 0 bridgehead atoms. The second kappa shape index (κ2) is 8.33. The van der Waals surface area contributed by atoms with E-state index < -0.39 is 10.0 Å². The summed E-state index contributed by atoms with van der Waals surface area (Å²) in [6, 6.07) is 11.5. The van der Waals surface area contributed by atoms with Crippen molar-refractivity contribution < 1.29 is 17.9 Å². The van der Waals surface area contributed by atoms with Gasteiger partial charge in [0.05, 0.1) is 4.90 Å². The number of amides is 1. The number of ether oxygens (including phenoxy) is 1. The Kier molecular flexibility index (Phi) is 6.39. The van der Waals surface area contributed by atoms with Gasteiger partial charge in [-0.3, -0.25) is 4.79 Å². The first kappa shape index (κ1) is 19.9. The minimum atomic E-state index is -3.54. The number of nitrogens with one attached hydrogen (secondary N) is 2. The fourth-order valence-corrected chi connectivity index (χ4v) is 3.74. The van der Waals surface area contributed by atoms with Crippen LogP contribution in [0, 0.1) is 13.8 Å². The van der Waals surface area contributed by atoms with E-state index in [0.29, 0.717) is 5.75 Å². The van der Waals surface area contributed by atoms with E-state index in [0.717, 1.165) is 16.8 Å². The summed E-state index contributed by atoms with van der Waals surface area (Å²) in [6.45, 7) is 7.27. The van der Waals surface area contributed by atoms with Crippen LogP contribution in [0.3, 0.4) is 0 Å². The van der Waals surface area contributed by atoms with Gasteiger partial charge in [-0.1, -0.05) is 6.07 Å². The Balaban J connectivity index is 1.94. The van der Waals surface area contributed by atoms with Crippen LogP contribution < -0.4 is 14.8 Å². The number of benzene rings is 2. The Hall–Kier alpha value is -2.38. The highest BCUT2D eigenvalue weighted by Gasteiger charge is 2.15. The highest BCUT2D eigenvalue weighted by atomic mass is 32.2. The number of rotatable bonds is 7. The van der Waals surface area contributed by atoms with Gasteiger partial charge in [-0.2, -0.15) is 0 Å². The number of carbonyl (C=O) groups is 1. The lowest BCUT2D eigenvalue weighted by Crippen LogP contribution is -2.30. The van der Waals surface area contributed by atoms with Gasteiger partial charge in [-0.15, -0.1) is 0 Å². The van der Waals surface area contributed by atoms with E-state index in [1.165, 1.54) is 24.3 Å². The number of sulfonamides is 1. The average Bonchev–Trinajstić information content (AvgIpc) is 2.51. The molecule has 0 saturated heterocycles. The van der Waals surface area contributed by atoms with E-state index in [1.807, 2.05) is 32.0 Å². The summed E-state index contributed by atoms with van der Waals surface area (Å²) in [6.07, 6.45) is 0. The van der Waals surface area contributed by atoms with Gasteiger partial charge in [-0.25, -0.2) is 13.1 Å². The zero-order valence-electron chi connectivity index (χ0n) is 15.4. The van der Waals surface area contributed by atoms with Gasteiger partial charge in [0, 0.05) is 11.7 Å². The molecule has 0 aliphatic heterocycles. The van der Waals surface area contributed by atoms with Crippen molar-refractivity contribution in [2.45, 2.75) is 38.6 Å². The van der Waals surface area contributed by atoms with Gasteiger partial charge in [0.2, 0.25) is 10.0 Å². The molecule has 0 aromatic heterocycles. The summed E-state index contributed by atoms with van der Waals surface area (Å²) in [5.41, 5.74) is 2.85. The maximum atomic E-state index is 12.1. The molecule has 7 heteroatoms. The SMILES string of the molecule is Cc1cc(C)cc(NC(=O)COc2ccc(S(=O)(=O)NC(C)C)cc2)c1. The Morgan fingerprint density at radius 1 is 1.04 bits per heavy atom. The first-order chi connectivity index (χ1) is 12.2. The molecule has 0 saturated carbocycles. The molecule has 2 aromatic carbocycles. The molecule has 26 heavy (non-hydrogen) atoms. The second-order valence-corrected chi connectivity index (χ2v) is 8.17. The summed E-state index contributed by atoms with van der Waals surface area (Å²) >= 11 is 0. The van der Waals surface area contributed by atoms with Gasteiger partial charge >= 0.3 is 0 Å². The Morgan fingerprint density at radius 2 is 1.62 bits per heavy atom. The van der Waals surface area contributed by atoms with Crippen LogP contribution in [0.4, 0.5) is 5.69 Å². The highest BCUT2D eigenvalue weighted by molar-refractivity contribution is 7.89. The largest absolute Gasteiger partial charge is 0.484 e. The van der Waals surface area contributed by atoms with Gasteiger partial charge in [-0.05, 0) is 75.2 Å². The fraction of sp³-hybridized carbons (Fsp3) is 0.316. The minimum absolute atomic E-state index is 0.151. The third-order valence-corrected chi connectivity index (χ3v) is 5.07. The first-order valence-corrected chi connectivity index (χ1v) is 9.77. The quantitative estimate of drug-likeness (QED) is 0.778. The van der Waals surface area contributed by atoms with Crippen LogP contribution in [0.1, 0.15) is 25.0 Å². The van der Waals surface area contributed by atoms with Crippen molar-refractivity contribution in [3.63, 3.8) is 0 Å². The molecule has 0 fully saturated rings. The standard InChI is InChI=1S/C19H24N2O4S/c1-13(2)21-26(23,24)18-7-5-17(6-8-18)25-12-19(22)20-16-10-14(3)9-15(4)11-16/h5-11,13,21H,12H2,1-4H3,(H,20,22). The molecule has 0 atom stereocenters. The lowest BCUT2D eigenvalue weighted by molar-refractivity contribution is -0.118. The molecule has 0 spiro atoms. The van der Waals surface area contributed by atoms with E-state index >= 15 is 0 Å². The van der Waals surface area contributed by atoms with Crippen LogP contribution in [-0.2, 0) is 14.8 Å². The molecule has 2 aromatic rings. The normalized spacial score (nSPS) is 11.4. The van der Waals surface area contributed by atoms with Gasteiger partial charge < -0.3 is 10.1 Å². The average molecular weight is 376 g/mol. The van der Waals surface area contributed by atoms with E-state index in [2.05, 4.69) is 10.0 Å². The van der Waals surface area contributed by atoms with Crippen LogP contribution in [0.15, 0.2) is 47.4 Å². The highest BCUT2D eigenvalue weighted by Crippen LogP contribution is 2.17. The van der Waals surface area contributed by atoms with Crippen LogP contribution in [0.2, 0.25) is 0 Å². The lowest BCUT2D eigenvalue weighted by atomic mass is 10.1. The molecule has 140 valence electrons. The van der Waals surface area contributed by atoms with Gasteiger partial charge in [0.15, 0.2) is 6.61 Å². The molecule has 0 unspecified atom stereocenters. The summed E-state index contributed by atoms with van der Waals surface area (Å²) in [7, 11) is -3.54. The Morgan fingerprint density at radius 3 is 2.15 bits per heavy atom. The smallest absolute Gasteiger partial charge is 0.262 e. The van der Waals surface area contributed by atoms with Crippen molar-refractivity contribution in [2.24, 2.45) is 0 Å². The van der Waals surface area contributed by atoms with Crippen molar-refractivity contribution in [1.82, 2.24) is 4.72 Å². The van der Waals surface area contributed by atoms with E-state index in [4.69, 9.17) is 4.74 Å². The van der Waals surface area contributed by atoms with Gasteiger partial charge in [0.25, 0.3) is 5.91 Å². The molecule has 1 amide bonds. The third-order valence-electron chi connectivity index (χ3n) is 3.40. The molecule has 0 radical (unpaired) electrons. The van der Waals surface area contributed by atoms with Crippen LogP contribution >= 0.6 is 0 Å². The Labute approximate surface area is 154 Å². The third kappa shape index (κ3) is 5.86. The molecule has 6 nitrogen and oxygen atoms in total. The van der Waals surface area contributed by atoms with Crippen LogP contribution in [0.25, 0.3) is 0 Å². The monoisotopic (exact) mass is 376 g/mol. The molecule has 0 aliphatic rings. The maximum Gasteiger partial charge on any atom is 0.262 e. The molecule has 0 heterocycles. The molecule has 2 rings (SSSR count). The number of aryl methyl sites for hydroxylation is 2. The number of hydrogen-bond donors (Lipinski definition) is 2. The Bertz CT molecular complexity index is 855. The zero-order chi connectivity index (χ0) is 19.3. The summed E-state index contributed by atoms with van der Waals surface area (Å²) in [5.74, 6) is 0.136. The zero-order valence-corrected chi connectivity index (χ0v) is 16.2. The lowest BCUT2D eigenvalue weighted by Gasteiger charge is -2.11. The summed E-state index contributed by atoms with van der Waals surface area (Å²) in [4.78, 5) is 12.2. The van der Waals surface area contributed by atoms with Crippen LogP contribution in [0.5, 0.6) is 5.75 Å². The minimum Gasteiger partial charge on any atom is -0.484 e. The van der Waals surface area contributed by atoms with E-state index in [-0.39, 0.29) is 23.5 Å². The molecule has 0 aliphatic carbocycles. The molecule has 2 N–H and O–H groups in total. The topological polar surface area (TPSA) is 84.5 Å². The number of hydrogen-bond acceptors (Lipinski definition) is 4. The maximum absolute atomic E-state index is 12.1. The number of anilines is 1. The fourth-order valence-electron chi connectivity index (χ4n) is 2.49. The van der Waals surface area contributed by atoms with Crippen LogP contribution in [-0.4, -0.2) is 27.0 Å². The predicted molar refractivity (Wildman–Crippen MR) is 102 cm³/mol. The van der Waals surface area contributed by atoms with Crippen molar-refractivity contribution in [3.8, 4) is 5.75 Å².